The Labute approximate surface area is 78.3 Å². The largest absolute Gasteiger partial charge is 0.488 e. The molecule has 70 valence electrons. The zero-order valence-corrected chi connectivity index (χ0v) is 8.29. The third-order valence-electron chi connectivity index (χ3n) is 2.30. The fraction of sp³-hybridized carbons (Fsp3) is 0.500. The summed E-state index contributed by atoms with van der Waals surface area (Å²) in [5, 5.41) is 0. The van der Waals surface area contributed by atoms with Gasteiger partial charge in [-0.1, -0.05) is 0 Å². The van der Waals surface area contributed by atoms with Crippen molar-refractivity contribution in [3.8, 4) is 5.75 Å². The number of likely N-dealkylation sites (N-methyl/N-ethyl adjacent to an activating group) is 1. The Kier molecular flexibility index (Phi) is 1.87. The van der Waals surface area contributed by atoms with Crippen molar-refractivity contribution in [3.63, 3.8) is 0 Å². The average molecular weight is 178 g/mol. The number of pyridine rings is 1. The molecular formula is C10H14N2O. The van der Waals surface area contributed by atoms with Crippen molar-refractivity contribution >= 4 is 5.82 Å². The molecule has 0 N–H and O–H groups in total. The second-order valence-electron chi connectivity index (χ2n) is 3.50. The van der Waals surface area contributed by atoms with Crippen molar-refractivity contribution in [2.24, 2.45) is 0 Å². The lowest BCUT2D eigenvalue weighted by atomic mass is 10.2. The molecule has 0 aromatic carbocycles. The van der Waals surface area contributed by atoms with Crippen LogP contribution in [0.1, 0.15) is 11.3 Å². The quantitative estimate of drug-likeness (QED) is 0.602. The number of hydrogen-bond donors (Lipinski definition) is 0. The lowest BCUT2D eigenvalue weighted by molar-refractivity contribution is 0.306. The summed E-state index contributed by atoms with van der Waals surface area (Å²) in [4.78, 5) is 6.59. The molecule has 13 heavy (non-hydrogen) atoms. The molecule has 1 aliphatic rings. The maximum absolute atomic E-state index is 5.58. The second-order valence-corrected chi connectivity index (χ2v) is 3.50. The van der Waals surface area contributed by atoms with Gasteiger partial charge < -0.3 is 9.64 Å². The summed E-state index contributed by atoms with van der Waals surface area (Å²) in [7, 11) is 2.05. The van der Waals surface area contributed by atoms with E-state index in [1.807, 2.05) is 14.0 Å². The molecule has 0 fully saturated rings. The first kappa shape index (κ1) is 8.35. The number of nitrogens with zero attached hydrogens (tertiary/aromatic N) is 2. The molecule has 0 spiro atoms. The highest BCUT2D eigenvalue weighted by Gasteiger charge is 2.18. The first-order chi connectivity index (χ1) is 6.18. The summed E-state index contributed by atoms with van der Waals surface area (Å²) in [6.45, 7) is 5.75. The highest BCUT2D eigenvalue weighted by Crippen LogP contribution is 2.32. The fourth-order valence-electron chi connectivity index (χ4n) is 1.63. The van der Waals surface area contributed by atoms with E-state index < -0.39 is 0 Å². The van der Waals surface area contributed by atoms with Crippen molar-refractivity contribution in [1.29, 1.82) is 0 Å². The van der Waals surface area contributed by atoms with E-state index in [4.69, 9.17) is 4.74 Å². The first-order valence-electron chi connectivity index (χ1n) is 4.50. The topological polar surface area (TPSA) is 25.4 Å². The van der Waals surface area contributed by atoms with Gasteiger partial charge in [0.2, 0.25) is 0 Å². The van der Waals surface area contributed by atoms with Gasteiger partial charge in [-0.05, 0) is 25.5 Å². The summed E-state index contributed by atoms with van der Waals surface area (Å²) in [6, 6.07) is 2.05. The minimum absolute atomic E-state index is 0.759. The van der Waals surface area contributed by atoms with Crippen LogP contribution in [0.3, 0.4) is 0 Å². The highest BCUT2D eigenvalue weighted by atomic mass is 16.5. The lowest BCUT2D eigenvalue weighted by Gasteiger charge is -2.27. The van der Waals surface area contributed by atoms with Gasteiger partial charge in [-0.15, -0.1) is 0 Å². The van der Waals surface area contributed by atoms with Crippen molar-refractivity contribution in [2.45, 2.75) is 13.8 Å². The predicted octanol–water partition coefficient (Wildman–Crippen LogP) is 1.53. The van der Waals surface area contributed by atoms with Crippen molar-refractivity contribution < 1.29 is 4.74 Å². The van der Waals surface area contributed by atoms with Crippen LogP contribution in [0.15, 0.2) is 6.07 Å². The van der Waals surface area contributed by atoms with Gasteiger partial charge in [-0.2, -0.15) is 0 Å². The van der Waals surface area contributed by atoms with E-state index in [1.165, 1.54) is 5.56 Å². The van der Waals surface area contributed by atoms with Crippen LogP contribution >= 0.6 is 0 Å². The van der Waals surface area contributed by atoms with Crippen molar-refractivity contribution in [2.75, 3.05) is 25.1 Å². The Morgan fingerprint density at radius 1 is 1.46 bits per heavy atom. The number of ether oxygens (including phenoxy) is 1. The molecule has 1 aromatic rings. The number of anilines is 1. The Balaban J connectivity index is 2.56. The van der Waals surface area contributed by atoms with Gasteiger partial charge >= 0.3 is 0 Å². The number of rotatable bonds is 0. The molecule has 0 radical (unpaired) electrons. The third-order valence-corrected chi connectivity index (χ3v) is 2.30. The summed E-state index contributed by atoms with van der Waals surface area (Å²) < 4.78 is 5.58. The summed E-state index contributed by atoms with van der Waals surface area (Å²) in [5.41, 5.74) is 2.22. The first-order valence-corrected chi connectivity index (χ1v) is 4.50. The molecule has 0 amide bonds. The van der Waals surface area contributed by atoms with Crippen LogP contribution in [-0.4, -0.2) is 25.2 Å². The average Bonchev–Trinajstić information content (AvgIpc) is 2.07. The van der Waals surface area contributed by atoms with Crippen molar-refractivity contribution in [3.05, 3.63) is 17.3 Å². The van der Waals surface area contributed by atoms with Gasteiger partial charge in [-0.25, -0.2) is 4.98 Å². The smallest absolute Gasteiger partial charge is 0.171 e. The Morgan fingerprint density at radius 2 is 2.23 bits per heavy atom. The van der Waals surface area contributed by atoms with Gasteiger partial charge in [-0.3, -0.25) is 0 Å². The normalized spacial score (nSPS) is 15.2. The predicted molar refractivity (Wildman–Crippen MR) is 52.5 cm³/mol. The SMILES string of the molecule is Cc1cc(C)c2c(n1)N(C)CCO2. The Bertz CT molecular complexity index is 336. The molecule has 3 heteroatoms. The molecule has 0 atom stereocenters. The zero-order chi connectivity index (χ0) is 9.42. The van der Waals surface area contributed by atoms with Crippen LogP contribution in [-0.2, 0) is 0 Å². The Morgan fingerprint density at radius 3 is 3.00 bits per heavy atom. The number of hydrogen-bond acceptors (Lipinski definition) is 3. The Hall–Kier alpha value is -1.25. The maximum Gasteiger partial charge on any atom is 0.171 e. The third kappa shape index (κ3) is 1.34. The van der Waals surface area contributed by atoms with E-state index in [2.05, 4.69) is 22.9 Å². The van der Waals surface area contributed by atoms with E-state index in [0.29, 0.717) is 0 Å². The van der Waals surface area contributed by atoms with Crippen molar-refractivity contribution in [1.82, 2.24) is 4.98 Å². The number of aromatic nitrogens is 1. The van der Waals surface area contributed by atoms with Gasteiger partial charge in [0.25, 0.3) is 0 Å². The molecule has 3 nitrogen and oxygen atoms in total. The molecule has 2 heterocycles. The summed E-state index contributed by atoms with van der Waals surface area (Å²) in [5.74, 6) is 1.92. The van der Waals surface area contributed by atoms with Gasteiger partial charge in [0.1, 0.15) is 6.61 Å². The van der Waals surface area contributed by atoms with E-state index >= 15 is 0 Å². The molecule has 0 aliphatic carbocycles. The molecule has 1 aromatic heterocycles. The summed E-state index contributed by atoms with van der Waals surface area (Å²) >= 11 is 0. The fourth-order valence-corrected chi connectivity index (χ4v) is 1.63. The maximum atomic E-state index is 5.58. The molecule has 0 saturated carbocycles. The van der Waals surface area contributed by atoms with E-state index in [9.17, 15) is 0 Å². The lowest BCUT2D eigenvalue weighted by Crippen LogP contribution is -2.30. The van der Waals surface area contributed by atoms with E-state index in [-0.39, 0.29) is 0 Å². The summed E-state index contributed by atoms with van der Waals surface area (Å²) in [6.07, 6.45) is 0. The zero-order valence-electron chi connectivity index (χ0n) is 8.29. The van der Waals surface area contributed by atoms with Crippen LogP contribution < -0.4 is 9.64 Å². The second kappa shape index (κ2) is 2.91. The van der Waals surface area contributed by atoms with Crippen LogP contribution in [0, 0.1) is 13.8 Å². The minimum atomic E-state index is 0.759. The molecule has 0 unspecified atom stereocenters. The molecule has 0 saturated heterocycles. The van der Waals surface area contributed by atoms with E-state index in [0.717, 1.165) is 30.4 Å². The highest BCUT2D eigenvalue weighted by molar-refractivity contribution is 5.57. The molecular weight excluding hydrogens is 164 g/mol. The number of aryl methyl sites for hydroxylation is 2. The molecule has 0 bridgehead atoms. The van der Waals surface area contributed by atoms with E-state index in [1.54, 1.807) is 0 Å². The van der Waals surface area contributed by atoms with Crippen LogP contribution in [0.2, 0.25) is 0 Å². The van der Waals surface area contributed by atoms with Crippen LogP contribution in [0.5, 0.6) is 5.75 Å². The molecule has 1 aliphatic heterocycles. The molecule has 2 rings (SSSR count). The van der Waals surface area contributed by atoms with Gasteiger partial charge in [0.15, 0.2) is 11.6 Å². The monoisotopic (exact) mass is 178 g/mol. The minimum Gasteiger partial charge on any atom is -0.488 e. The standard InChI is InChI=1S/C10H14N2O/c1-7-6-8(2)11-10-9(7)13-5-4-12(10)3/h6H,4-5H2,1-3H3. The van der Waals surface area contributed by atoms with Crippen LogP contribution in [0.25, 0.3) is 0 Å². The van der Waals surface area contributed by atoms with Gasteiger partial charge in [0.05, 0.1) is 6.54 Å². The number of fused-ring (bicyclic) bond motifs is 1. The van der Waals surface area contributed by atoms with Gasteiger partial charge in [0, 0.05) is 12.7 Å². The van der Waals surface area contributed by atoms with Crippen LogP contribution in [0.4, 0.5) is 5.82 Å².